The van der Waals surface area contributed by atoms with Crippen molar-refractivity contribution >= 4 is 23.5 Å². The Kier molecular flexibility index (Phi) is 5.05. The number of carbonyl (C=O) groups excluding carboxylic acids is 2. The highest BCUT2D eigenvalue weighted by atomic mass is 32.2. The number of aromatic nitrogens is 2. The number of fused-ring (bicyclic) bond motifs is 1. The van der Waals surface area contributed by atoms with E-state index in [1.54, 1.807) is 12.5 Å². The molecule has 0 unspecified atom stereocenters. The van der Waals surface area contributed by atoms with Crippen molar-refractivity contribution in [3.63, 3.8) is 0 Å². The van der Waals surface area contributed by atoms with Gasteiger partial charge in [-0.25, -0.2) is 9.78 Å². The number of nitrogens with zero attached hydrogens (tertiary/aromatic N) is 2. The highest BCUT2D eigenvalue weighted by Crippen LogP contribution is 2.38. The Morgan fingerprint density at radius 2 is 1.96 bits per heavy atom. The minimum absolute atomic E-state index is 0.205. The molecule has 0 fully saturated rings. The number of ether oxygens (including phenoxy) is 1. The lowest BCUT2D eigenvalue weighted by molar-refractivity contribution is -0.118. The van der Waals surface area contributed by atoms with Gasteiger partial charge in [0, 0.05) is 35.8 Å². The van der Waals surface area contributed by atoms with Crippen LogP contribution in [0.4, 0.5) is 0 Å². The maximum Gasteiger partial charge on any atom is 0.339 e. The maximum absolute atomic E-state index is 12.4. The van der Waals surface area contributed by atoms with E-state index in [-0.39, 0.29) is 11.8 Å². The fraction of sp³-hybridized carbons (Fsp3) is 0.227. The van der Waals surface area contributed by atoms with Crippen LogP contribution in [0.2, 0.25) is 0 Å². The van der Waals surface area contributed by atoms with Crippen LogP contribution < -0.4 is 0 Å². The quantitative estimate of drug-likeness (QED) is 0.494. The largest absolute Gasteiger partial charge is 0.465 e. The molecule has 5 nitrogen and oxygen atoms in total. The summed E-state index contributed by atoms with van der Waals surface area (Å²) in [4.78, 5) is 29.6. The monoisotopic (exact) mass is 392 g/mol. The number of methoxy groups -OCH3 is 1. The lowest BCUT2D eigenvalue weighted by Crippen LogP contribution is -2.19. The van der Waals surface area contributed by atoms with Crippen molar-refractivity contribution in [3.8, 4) is 16.8 Å². The van der Waals surface area contributed by atoms with E-state index < -0.39 is 0 Å². The molecule has 6 heteroatoms. The van der Waals surface area contributed by atoms with E-state index in [4.69, 9.17) is 4.74 Å². The highest BCUT2D eigenvalue weighted by molar-refractivity contribution is 7.98. The Morgan fingerprint density at radius 1 is 1.18 bits per heavy atom. The van der Waals surface area contributed by atoms with Crippen LogP contribution in [0.1, 0.15) is 27.9 Å². The van der Waals surface area contributed by atoms with E-state index in [0.717, 1.165) is 32.8 Å². The summed E-state index contributed by atoms with van der Waals surface area (Å²) in [5.74, 6) is -0.131. The molecule has 0 aliphatic heterocycles. The molecule has 0 bridgehead atoms. The molecule has 0 spiro atoms. The van der Waals surface area contributed by atoms with E-state index in [9.17, 15) is 9.59 Å². The van der Waals surface area contributed by atoms with Gasteiger partial charge in [-0.05, 0) is 53.1 Å². The topological polar surface area (TPSA) is 61.2 Å². The van der Waals surface area contributed by atoms with Gasteiger partial charge in [-0.15, -0.1) is 11.8 Å². The summed E-state index contributed by atoms with van der Waals surface area (Å²) in [5, 5.41) is 0. The van der Waals surface area contributed by atoms with Crippen molar-refractivity contribution in [3.05, 3.63) is 65.7 Å². The van der Waals surface area contributed by atoms with E-state index >= 15 is 0 Å². The molecule has 28 heavy (non-hydrogen) atoms. The highest BCUT2D eigenvalue weighted by Gasteiger charge is 2.28. The molecular weight excluding hydrogens is 372 g/mol. The van der Waals surface area contributed by atoms with Crippen LogP contribution in [0, 0.1) is 0 Å². The SMILES string of the molecule is COC(=O)c1c(SC)cc(-c2ccc(-n3ccnc3)cc2)c2c1CCC(=O)C2. The van der Waals surface area contributed by atoms with E-state index in [1.165, 1.54) is 18.9 Å². The van der Waals surface area contributed by atoms with Gasteiger partial charge in [0.05, 0.1) is 19.0 Å². The zero-order chi connectivity index (χ0) is 19.7. The minimum Gasteiger partial charge on any atom is -0.465 e. The number of ketones is 1. The first-order valence-electron chi connectivity index (χ1n) is 9.04. The Morgan fingerprint density at radius 3 is 2.61 bits per heavy atom. The molecule has 0 radical (unpaired) electrons. The smallest absolute Gasteiger partial charge is 0.339 e. The minimum atomic E-state index is -0.336. The van der Waals surface area contributed by atoms with E-state index in [2.05, 4.69) is 4.98 Å². The van der Waals surface area contributed by atoms with Gasteiger partial charge in [0.15, 0.2) is 0 Å². The number of esters is 1. The summed E-state index contributed by atoms with van der Waals surface area (Å²) in [5.41, 5.74) is 5.56. The third kappa shape index (κ3) is 3.24. The van der Waals surface area contributed by atoms with Crippen molar-refractivity contribution in [1.82, 2.24) is 9.55 Å². The molecule has 1 aliphatic rings. The van der Waals surface area contributed by atoms with Gasteiger partial charge in [-0.3, -0.25) is 4.79 Å². The summed E-state index contributed by atoms with van der Waals surface area (Å²) in [6.07, 6.45) is 8.74. The number of benzene rings is 2. The van der Waals surface area contributed by atoms with E-state index in [0.29, 0.717) is 24.8 Å². The van der Waals surface area contributed by atoms with Gasteiger partial charge in [0.2, 0.25) is 0 Å². The summed E-state index contributed by atoms with van der Waals surface area (Å²) in [6, 6.07) is 10.2. The fourth-order valence-corrected chi connectivity index (χ4v) is 4.40. The molecule has 0 N–H and O–H groups in total. The Balaban J connectivity index is 1.87. The predicted octanol–water partition coefficient (Wildman–Crippen LogP) is 4.11. The van der Waals surface area contributed by atoms with Gasteiger partial charge >= 0.3 is 5.97 Å². The van der Waals surface area contributed by atoms with Crippen LogP contribution >= 0.6 is 11.8 Å². The third-order valence-electron chi connectivity index (χ3n) is 5.13. The molecule has 1 aromatic heterocycles. The molecule has 0 atom stereocenters. The lowest BCUT2D eigenvalue weighted by atomic mass is 9.82. The summed E-state index contributed by atoms with van der Waals surface area (Å²) < 4.78 is 6.97. The average molecular weight is 392 g/mol. The fourth-order valence-electron chi connectivity index (χ4n) is 3.75. The number of thioether (sulfide) groups is 1. The molecule has 4 rings (SSSR count). The molecule has 1 aliphatic carbocycles. The van der Waals surface area contributed by atoms with Crippen molar-refractivity contribution in [1.29, 1.82) is 0 Å². The Labute approximate surface area is 167 Å². The third-order valence-corrected chi connectivity index (χ3v) is 5.89. The number of hydrogen-bond donors (Lipinski definition) is 0. The zero-order valence-electron chi connectivity index (χ0n) is 15.8. The molecule has 0 amide bonds. The van der Waals surface area contributed by atoms with Crippen LogP contribution in [0.3, 0.4) is 0 Å². The van der Waals surface area contributed by atoms with Crippen LogP contribution in [-0.2, 0) is 22.4 Å². The number of rotatable bonds is 4. The lowest BCUT2D eigenvalue weighted by Gasteiger charge is -2.24. The van der Waals surface area contributed by atoms with Crippen LogP contribution in [-0.4, -0.2) is 34.7 Å². The molecular formula is C22H20N2O3S. The number of imidazole rings is 1. The van der Waals surface area contributed by atoms with Crippen LogP contribution in [0.5, 0.6) is 0 Å². The van der Waals surface area contributed by atoms with E-state index in [1.807, 2.05) is 47.4 Å². The molecule has 3 aromatic rings. The summed E-state index contributed by atoms with van der Waals surface area (Å²) >= 11 is 1.52. The molecule has 0 saturated carbocycles. The van der Waals surface area contributed by atoms with Crippen molar-refractivity contribution in [2.45, 2.75) is 24.2 Å². The predicted molar refractivity (Wildman–Crippen MR) is 109 cm³/mol. The Hall–Kier alpha value is -2.86. The first-order chi connectivity index (χ1) is 13.6. The van der Waals surface area contributed by atoms with Gasteiger partial charge < -0.3 is 9.30 Å². The van der Waals surface area contributed by atoms with Gasteiger partial charge in [0.25, 0.3) is 0 Å². The maximum atomic E-state index is 12.4. The number of Topliss-reactive ketones (excluding diaryl/α,β-unsaturated/α-hetero) is 1. The second-order valence-electron chi connectivity index (χ2n) is 6.68. The first kappa shape index (κ1) is 18.5. The van der Waals surface area contributed by atoms with Crippen molar-refractivity contribution in [2.75, 3.05) is 13.4 Å². The zero-order valence-corrected chi connectivity index (χ0v) is 16.6. The summed E-state index contributed by atoms with van der Waals surface area (Å²) in [7, 11) is 1.40. The number of carbonyl (C=O) groups is 2. The standard InChI is InChI=1S/C22H20N2O3S/c1-27-22(26)21-17-8-7-16(25)11-19(17)18(12-20(21)28-2)14-3-5-15(6-4-14)24-10-9-23-13-24/h3-6,9-10,12-13H,7-8,11H2,1-2H3. The number of hydrogen-bond acceptors (Lipinski definition) is 5. The summed E-state index contributed by atoms with van der Waals surface area (Å²) in [6.45, 7) is 0. The molecule has 1 heterocycles. The van der Waals surface area contributed by atoms with Crippen molar-refractivity contribution < 1.29 is 14.3 Å². The molecule has 0 saturated heterocycles. The van der Waals surface area contributed by atoms with Gasteiger partial charge in [0.1, 0.15) is 5.78 Å². The second kappa shape index (κ2) is 7.64. The Bertz CT molecular complexity index is 1040. The van der Waals surface area contributed by atoms with Gasteiger partial charge in [-0.1, -0.05) is 12.1 Å². The molecule has 142 valence electrons. The molecule has 2 aromatic carbocycles. The van der Waals surface area contributed by atoms with Gasteiger partial charge in [-0.2, -0.15) is 0 Å². The van der Waals surface area contributed by atoms with Crippen LogP contribution in [0.25, 0.3) is 16.8 Å². The normalized spacial score (nSPS) is 13.3. The average Bonchev–Trinajstić information content (AvgIpc) is 3.27. The van der Waals surface area contributed by atoms with Crippen LogP contribution in [0.15, 0.2) is 53.9 Å². The first-order valence-corrected chi connectivity index (χ1v) is 10.3. The van der Waals surface area contributed by atoms with Crippen molar-refractivity contribution in [2.24, 2.45) is 0 Å². The second-order valence-corrected chi connectivity index (χ2v) is 7.53.